The Bertz CT molecular complexity index is 1120. The van der Waals surface area contributed by atoms with Crippen LogP contribution in [0.25, 0.3) is 22.4 Å². The number of aryl methyl sites for hydroxylation is 1. The van der Waals surface area contributed by atoms with Crippen molar-refractivity contribution in [2.45, 2.75) is 32.9 Å². The smallest absolute Gasteiger partial charge is 0.367 e. The summed E-state index contributed by atoms with van der Waals surface area (Å²) in [6.07, 6.45) is -2.78. The summed E-state index contributed by atoms with van der Waals surface area (Å²) < 4.78 is 39.4. The van der Waals surface area contributed by atoms with Gasteiger partial charge in [-0.2, -0.15) is 13.2 Å². The van der Waals surface area contributed by atoms with Crippen LogP contribution < -0.4 is 11.1 Å². The Kier molecular flexibility index (Phi) is 7.87. The lowest BCUT2D eigenvalue weighted by atomic mass is 9.90. The number of aromatic nitrogens is 1. The summed E-state index contributed by atoms with van der Waals surface area (Å²) >= 11 is 0. The number of hydrogen-bond donors (Lipinski definition) is 2. The topological polar surface area (TPSA) is 63.3 Å². The van der Waals surface area contributed by atoms with Crippen molar-refractivity contribution >= 4 is 5.84 Å². The Labute approximate surface area is 192 Å². The van der Waals surface area contributed by atoms with Gasteiger partial charge in [-0.3, -0.25) is 4.99 Å². The molecule has 0 saturated heterocycles. The average Bonchev–Trinajstić information content (AvgIpc) is 2.80. The molecule has 0 atom stereocenters. The Morgan fingerprint density at radius 3 is 2.33 bits per heavy atom. The highest BCUT2D eigenvalue weighted by molar-refractivity contribution is 5.99. The molecular weight excluding hydrogens is 425 g/mol. The van der Waals surface area contributed by atoms with E-state index in [1.807, 2.05) is 31.2 Å². The Morgan fingerprint density at radius 2 is 1.76 bits per heavy atom. The Balaban J connectivity index is 2.29. The van der Waals surface area contributed by atoms with Gasteiger partial charge in [-0.1, -0.05) is 49.7 Å². The number of amidine groups is 1. The van der Waals surface area contributed by atoms with Crippen molar-refractivity contribution in [3.05, 3.63) is 77.0 Å². The van der Waals surface area contributed by atoms with E-state index in [0.717, 1.165) is 47.2 Å². The van der Waals surface area contributed by atoms with Crippen LogP contribution in [0.5, 0.6) is 0 Å². The Morgan fingerprint density at radius 1 is 1.06 bits per heavy atom. The third kappa shape index (κ3) is 5.60. The van der Waals surface area contributed by atoms with Crippen LogP contribution in [0.2, 0.25) is 0 Å². The highest BCUT2D eigenvalue weighted by Crippen LogP contribution is 2.36. The number of alkyl halides is 3. The van der Waals surface area contributed by atoms with Crippen molar-refractivity contribution in [2.75, 3.05) is 20.1 Å². The largest absolute Gasteiger partial charge is 0.416 e. The molecular formula is C26H29F3N4. The molecule has 3 rings (SSSR count). The van der Waals surface area contributed by atoms with Crippen LogP contribution in [0, 0.1) is 6.92 Å². The molecule has 0 saturated carbocycles. The SMILES string of the molecule is CCCc1c(-c2ccccc2C)cc(C(=NC)NCCN)nc1-c1ccc(C(F)(F)F)cc1. The third-order valence-electron chi connectivity index (χ3n) is 5.45. The molecule has 0 spiro atoms. The van der Waals surface area contributed by atoms with Crippen LogP contribution >= 0.6 is 0 Å². The lowest BCUT2D eigenvalue weighted by Crippen LogP contribution is -2.30. The fourth-order valence-corrected chi connectivity index (χ4v) is 3.84. The maximum absolute atomic E-state index is 13.1. The molecule has 0 aliphatic rings. The quantitative estimate of drug-likeness (QED) is 0.360. The lowest BCUT2D eigenvalue weighted by Gasteiger charge is -2.19. The van der Waals surface area contributed by atoms with Gasteiger partial charge in [0.2, 0.25) is 0 Å². The predicted molar refractivity (Wildman–Crippen MR) is 128 cm³/mol. The van der Waals surface area contributed by atoms with Gasteiger partial charge in [0.05, 0.1) is 11.3 Å². The molecule has 0 fully saturated rings. The first kappa shape index (κ1) is 24.5. The second kappa shape index (κ2) is 10.6. The van der Waals surface area contributed by atoms with E-state index in [4.69, 9.17) is 10.7 Å². The summed E-state index contributed by atoms with van der Waals surface area (Å²) in [5, 5.41) is 3.20. The highest BCUT2D eigenvalue weighted by atomic mass is 19.4. The van der Waals surface area contributed by atoms with E-state index in [2.05, 4.69) is 23.3 Å². The number of nitrogens with one attached hydrogen (secondary N) is 1. The minimum absolute atomic E-state index is 0.434. The van der Waals surface area contributed by atoms with E-state index in [1.54, 1.807) is 7.05 Å². The number of pyridine rings is 1. The maximum atomic E-state index is 13.1. The number of halogens is 3. The standard InChI is InChI=1S/C26H29F3N4/c1-4-7-21-22(20-9-6-5-8-17(20)2)16-23(25(31-3)32-15-14-30)33-24(21)18-10-12-19(13-11-18)26(27,28)29/h5-6,8-13,16H,4,7,14-15,30H2,1-3H3,(H,31,32). The number of nitrogens with zero attached hydrogens (tertiary/aromatic N) is 2. The summed E-state index contributed by atoms with van der Waals surface area (Å²) in [6.45, 7) is 5.09. The minimum Gasteiger partial charge on any atom is -0.367 e. The molecule has 33 heavy (non-hydrogen) atoms. The van der Waals surface area contributed by atoms with Crippen LogP contribution in [-0.4, -0.2) is 31.0 Å². The monoisotopic (exact) mass is 454 g/mol. The first-order valence-electron chi connectivity index (χ1n) is 11.0. The normalized spacial score (nSPS) is 12.2. The molecule has 1 aromatic heterocycles. The molecule has 174 valence electrons. The number of rotatable bonds is 7. The maximum Gasteiger partial charge on any atom is 0.416 e. The first-order chi connectivity index (χ1) is 15.8. The summed E-state index contributed by atoms with van der Waals surface area (Å²) in [7, 11) is 1.67. The fraction of sp³-hybridized carbons (Fsp3) is 0.308. The molecule has 3 N–H and O–H groups in total. The lowest BCUT2D eigenvalue weighted by molar-refractivity contribution is -0.137. The molecule has 0 radical (unpaired) electrons. The van der Waals surface area contributed by atoms with Gasteiger partial charge in [-0.05, 0) is 53.8 Å². The van der Waals surface area contributed by atoms with Crippen molar-refractivity contribution in [2.24, 2.45) is 10.7 Å². The van der Waals surface area contributed by atoms with Gasteiger partial charge in [-0.25, -0.2) is 4.98 Å². The van der Waals surface area contributed by atoms with Crippen LogP contribution in [0.15, 0.2) is 59.6 Å². The van der Waals surface area contributed by atoms with Gasteiger partial charge in [-0.15, -0.1) is 0 Å². The van der Waals surface area contributed by atoms with Crippen LogP contribution in [0.1, 0.15) is 35.7 Å². The molecule has 0 unspecified atom stereocenters. The summed E-state index contributed by atoms with van der Waals surface area (Å²) in [6, 6.07) is 15.3. The predicted octanol–water partition coefficient (Wildman–Crippen LogP) is 5.62. The van der Waals surface area contributed by atoms with Crippen molar-refractivity contribution in [1.29, 1.82) is 0 Å². The molecule has 0 aliphatic heterocycles. The van der Waals surface area contributed by atoms with Crippen LogP contribution in [0.4, 0.5) is 13.2 Å². The van der Waals surface area contributed by atoms with E-state index in [1.165, 1.54) is 12.1 Å². The van der Waals surface area contributed by atoms with Gasteiger partial charge >= 0.3 is 6.18 Å². The molecule has 4 nitrogen and oxygen atoms in total. The first-order valence-corrected chi connectivity index (χ1v) is 11.0. The zero-order valence-corrected chi connectivity index (χ0v) is 19.1. The van der Waals surface area contributed by atoms with E-state index in [-0.39, 0.29) is 0 Å². The zero-order chi connectivity index (χ0) is 24.0. The van der Waals surface area contributed by atoms with Crippen molar-refractivity contribution < 1.29 is 13.2 Å². The minimum atomic E-state index is -4.39. The zero-order valence-electron chi connectivity index (χ0n) is 19.1. The second-order valence-electron chi connectivity index (χ2n) is 7.81. The van der Waals surface area contributed by atoms with E-state index >= 15 is 0 Å². The van der Waals surface area contributed by atoms with Gasteiger partial charge < -0.3 is 11.1 Å². The van der Waals surface area contributed by atoms with Crippen LogP contribution in [-0.2, 0) is 12.6 Å². The fourth-order valence-electron chi connectivity index (χ4n) is 3.84. The number of hydrogen-bond acceptors (Lipinski definition) is 3. The highest BCUT2D eigenvalue weighted by Gasteiger charge is 2.30. The van der Waals surface area contributed by atoms with Crippen LogP contribution in [0.3, 0.4) is 0 Å². The molecule has 3 aromatic rings. The van der Waals surface area contributed by atoms with Crippen molar-refractivity contribution in [3.63, 3.8) is 0 Å². The summed E-state index contributed by atoms with van der Waals surface area (Å²) in [5.41, 5.74) is 11.1. The van der Waals surface area contributed by atoms with Gasteiger partial charge in [0, 0.05) is 25.7 Å². The molecule has 2 aromatic carbocycles. The van der Waals surface area contributed by atoms with Crippen molar-refractivity contribution in [1.82, 2.24) is 10.3 Å². The molecule has 0 amide bonds. The van der Waals surface area contributed by atoms with Gasteiger partial charge in [0.25, 0.3) is 0 Å². The summed E-state index contributed by atoms with van der Waals surface area (Å²) in [4.78, 5) is 9.23. The van der Waals surface area contributed by atoms with E-state index in [0.29, 0.717) is 35.9 Å². The second-order valence-corrected chi connectivity index (χ2v) is 7.81. The number of benzene rings is 2. The third-order valence-corrected chi connectivity index (χ3v) is 5.45. The number of aliphatic imine (C=N–C) groups is 1. The number of nitrogens with two attached hydrogens (primary N) is 1. The molecule has 1 heterocycles. The van der Waals surface area contributed by atoms with Gasteiger partial charge in [0.15, 0.2) is 0 Å². The van der Waals surface area contributed by atoms with E-state index in [9.17, 15) is 13.2 Å². The summed E-state index contributed by atoms with van der Waals surface area (Å²) in [5.74, 6) is 0.589. The van der Waals surface area contributed by atoms with E-state index < -0.39 is 11.7 Å². The molecule has 0 aliphatic carbocycles. The molecule has 7 heteroatoms. The molecule has 0 bridgehead atoms. The average molecular weight is 455 g/mol. The van der Waals surface area contributed by atoms with Crippen molar-refractivity contribution in [3.8, 4) is 22.4 Å². The Hall–Kier alpha value is -3.19. The van der Waals surface area contributed by atoms with Gasteiger partial charge in [0.1, 0.15) is 11.5 Å².